The Morgan fingerprint density at radius 1 is 0.824 bits per heavy atom. The highest BCUT2D eigenvalue weighted by atomic mass is 32.2. The van der Waals surface area contributed by atoms with Crippen molar-refractivity contribution in [2.75, 3.05) is 11.5 Å². The Morgan fingerprint density at radius 2 is 1.29 bits per heavy atom. The van der Waals surface area contributed by atoms with E-state index in [1.165, 1.54) is 17.1 Å². The van der Waals surface area contributed by atoms with Crippen LogP contribution in [0.2, 0.25) is 0 Å². The fraction of sp³-hybridized carbons (Fsp3) is 0.600. The van der Waals surface area contributed by atoms with Crippen LogP contribution in [0.3, 0.4) is 0 Å². The molecule has 1 rings (SSSR count). The SMILES string of the molecule is CC(C)CSC(SCC(C)C)c1ccccc1. The standard InChI is InChI=1S/C15H24S2/c1-12(2)10-16-15(17-11-13(3)4)14-8-6-5-7-9-14/h5-9,12-13,15H,10-11H2,1-4H3. The molecule has 1 aromatic rings. The molecule has 0 radical (unpaired) electrons. The number of thioether (sulfide) groups is 2. The normalized spacial score (nSPS) is 11.7. The van der Waals surface area contributed by atoms with E-state index in [0.717, 1.165) is 11.8 Å². The smallest absolute Gasteiger partial charge is 0.0751 e. The molecule has 0 unspecified atom stereocenters. The van der Waals surface area contributed by atoms with Gasteiger partial charge < -0.3 is 0 Å². The molecule has 0 aromatic heterocycles. The Balaban J connectivity index is 2.58. The van der Waals surface area contributed by atoms with Crippen molar-refractivity contribution in [3.05, 3.63) is 35.9 Å². The minimum absolute atomic E-state index is 0.598. The van der Waals surface area contributed by atoms with Crippen LogP contribution in [0.25, 0.3) is 0 Å². The van der Waals surface area contributed by atoms with Crippen LogP contribution < -0.4 is 0 Å². The summed E-state index contributed by atoms with van der Waals surface area (Å²) in [7, 11) is 0. The Bertz CT molecular complexity index is 281. The second kappa shape index (κ2) is 8.10. The van der Waals surface area contributed by atoms with Gasteiger partial charge in [0, 0.05) is 0 Å². The van der Waals surface area contributed by atoms with Gasteiger partial charge in [0.2, 0.25) is 0 Å². The van der Waals surface area contributed by atoms with Crippen molar-refractivity contribution in [1.29, 1.82) is 0 Å². The van der Waals surface area contributed by atoms with E-state index >= 15 is 0 Å². The third-order valence-electron chi connectivity index (χ3n) is 2.23. The summed E-state index contributed by atoms with van der Waals surface area (Å²) in [6.45, 7) is 9.18. The van der Waals surface area contributed by atoms with Gasteiger partial charge in [0.15, 0.2) is 0 Å². The van der Waals surface area contributed by atoms with Gasteiger partial charge in [-0.05, 0) is 28.9 Å². The van der Waals surface area contributed by atoms with Gasteiger partial charge in [-0.3, -0.25) is 0 Å². The van der Waals surface area contributed by atoms with E-state index in [1.54, 1.807) is 0 Å². The zero-order valence-electron chi connectivity index (χ0n) is 11.3. The molecule has 17 heavy (non-hydrogen) atoms. The lowest BCUT2D eigenvalue weighted by Gasteiger charge is -2.19. The summed E-state index contributed by atoms with van der Waals surface area (Å²) in [6.07, 6.45) is 0. The summed E-state index contributed by atoms with van der Waals surface area (Å²) < 4.78 is 0.598. The van der Waals surface area contributed by atoms with E-state index in [9.17, 15) is 0 Å². The van der Waals surface area contributed by atoms with Crippen molar-refractivity contribution in [3.63, 3.8) is 0 Å². The first kappa shape index (κ1) is 15.0. The minimum atomic E-state index is 0.598. The molecule has 2 heteroatoms. The largest absolute Gasteiger partial charge is 0.142 e. The van der Waals surface area contributed by atoms with Gasteiger partial charge in [-0.1, -0.05) is 58.0 Å². The summed E-state index contributed by atoms with van der Waals surface area (Å²) in [5.41, 5.74) is 1.46. The molecule has 0 amide bonds. The van der Waals surface area contributed by atoms with E-state index in [2.05, 4.69) is 81.6 Å². The molecule has 0 saturated heterocycles. The molecule has 0 spiro atoms. The van der Waals surface area contributed by atoms with Crippen LogP contribution >= 0.6 is 23.5 Å². The van der Waals surface area contributed by atoms with Gasteiger partial charge in [-0.2, -0.15) is 0 Å². The summed E-state index contributed by atoms with van der Waals surface area (Å²) in [5.74, 6) is 4.02. The second-order valence-electron chi connectivity index (χ2n) is 5.20. The Labute approximate surface area is 115 Å². The number of rotatable bonds is 7. The van der Waals surface area contributed by atoms with Crippen LogP contribution in [0.1, 0.15) is 37.8 Å². The van der Waals surface area contributed by atoms with Crippen LogP contribution in [0.5, 0.6) is 0 Å². The molecule has 0 aliphatic carbocycles. The molecule has 0 N–H and O–H groups in total. The highest BCUT2D eigenvalue weighted by Crippen LogP contribution is 2.40. The highest BCUT2D eigenvalue weighted by Gasteiger charge is 2.13. The molecular formula is C15H24S2. The molecule has 0 aliphatic heterocycles. The lowest BCUT2D eigenvalue weighted by Crippen LogP contribution is -1.99. The maximum Gasteiger partial charge on any atom is 0.0751 e. The first-order chi connectivity index (χ1) is 8.09. The third kappa shape index (κ3) is 6.42. The first-order valence-corrected chi connectivity index (χ1v) is 8.47. The maximum atomic E-state index is 2.29. The predicted octanol–water partition coefficient (Wildman–Crippen LogP) is 5.46. The van der Waals surface area contributed by atoms with Gasteiger partial charge in [-0.15, -0.1) is 23.5 Å². The Morgan fingerprint density at radius 3 is 1.71 bits per heavy atom. The van der Waals surface area contributed by atoms with Gasteiger partial charge in [-0.25, -0.2) is 0 Å². The van der Waals surface area contributed by atoms with E-state index in [1.807, 2.05) is 0 Å². The van der Waals surface area contributed by atoms with Crippen molar-refractivity contribution in [3.8, 4) is 0 Å². The molecule has 0 nitrogen and oxygen atoms in total. The molecule has 96 valence electrons. The summed E-state index contributed by atoms with van der Waals surface area (Å²) >= 11 is 4.18. The summed E-state index contributed by atoms with van der Waals surface area (Å²) in [5, 5.41) is 0. The third-order valence-corrected chi connectivity index (χ3v) is 5.92. The summed E-state index contributed by atoms with van der Waals surface area (Å²) in [4.78, 5) is 0. The average Bonchev–Trinajstić information content (AvgIpc) is 2.29. The molecule has 0 fully saturated rings. The average molecular weight is 268 g/mol. The lowest BCUT2D eigenvalue weighted by atomic mass is 10.2. The van der Waals surface area contributed by atoms with Crippen LogP contribution in [0, 0.1) is 11.8 Å². The van der Waals surface area contributed by atoms with Crippen molar-refractivity contribution < 1.29 is 0 Å². The van der Waals surface area contributed by atoms with Gasteiger partial charge >= 0.3 is 0 Å². The van der Waals surface area contributed by atoms with Crippen LogP contribution in [0.4, 0.5) is 0 Å². The minimum Gasteiger partial charge on any atom is -0.142 e. The van der Waals surface area contributed by atoms with Crippen LogP contribution in [-0.4, -0.2) is 11.5 Å². The predicted molar refractivity (Wildman–Crippen MR) is 83.8 cm³/mol. The monoisotopic (exact) mass is 268 g/mol. The molecule has 0 saturated carbocycles. The molecule has 0 heterocycles. The van der Waals surface area contributed by atoms with E-state index in [-0.39, 0.29) is 0 Å². The fourth-order valence-corrected chi connectivity index (χ4v) is 4.09. The lowest BCUT2D eigenvalue weighted by molar-refractivity contribution is 0.747. The summed E-state index contributed by atoms with van der Waals surface area (Å²) in [6, 6.07) is 10.9. The van der Waals surface area contributed by atoms with Gasteiger partial charge in [0.25, 0.3) is 0 Å². The molecule has 1 aromatic carbocycles. The molecule has 0 bridgehead atoms. The Kier molecular flexibility index (Phi) is 7.14. The van der Waals surface area contributed by atoms with Crippen molar-refractivity contribution in [2.24, 2.45) is 11.8 Å². The first-order valence-electron chi connectivity index (χ1n) is 6.37. The maximum absolute atomic E-state index is 2.29. The zero-order chi connectivity index (χ0) is 12.7. The van der Waals surface area contributed by atoms with Gasteiger partial charge in [0.1, 0.15) is 0 Å². The van der Waals surface area contributed by atoms with Gasteiger partial charge in [0.05, 0.1) is 4.58 Å². The zero-order valence-corrected chi connectivity index (χ0v) is 13.0. The topological polar surface area (TPSA) is 0 Å². The number of benzene rings is 1. The van der Waals surface area contributed by atoms with Crippen LogP contribution in [0.15, 0.2) is 30.3 Å². The molecular weight excluding hydrogens is 244 g/mol. The second-order valence-corrected chi connectivity index (χ2v) is 7.77. The Hall–Kier alpha value is -0.0800. The number of hydrogen-bond acceptors (Lipinski definition) is 2. The molecule has 0 aliphatic rings. The van der Waals surface area contributed by atoms with Crippen molar-refractivity contribution >= 4 is 23.5 Å². The molecule has 0 atom stereocenters. The number of hydrogen-bond donors (Lipinski definition) is 0. The van der Waals surface area contributed by atoms with Crippen molar-refractivity contribution in [1.82, 2.24) is 0 Å². The highest BCUT2D eigenvalue weighted by molar-refractivity contribution is 8.16. The van der Waals surface area contributed by atoms with E-state index in [0.29, 0.717) is 4.58 Å². The van der Waals surface area contributed by atoms with E-state index < -0.39 is 0 Å². The van der Waals surface area contributed by atoms with Crippen molar-refractivity contribution in [2.45, 2.75) is 32.3 Å². The van der Waals surface area contributed by atoms with Crippen LogP contribution in [-0.2, 0) is 0 Å². The van der Waals surface area contributed by atoms with E-state index in [4.69, 9.17) is 0 Å². The quantitative estimate of drug-likeness (QED) is 0.602. The fourth-order valence-electron chi connectivity index (χ4n) is 1.41.